The number of carbonyl (C=O) groups is 1. The Morgan fingerprint density at radius 2 is 1.89 bits per heavy atom. The standard InChI is InChI=1S/C19H26N4O4/c1-4-6-11-23-17(20)16(18(25)21-19(23)26)22(5-2)15(24)12-13-7-9-14(27-3)10-8-13/h7-10H,4-6,11-12,20H2,1-3H3,(H,21,25,26). The lowest BCUT2D eigenvalue weighted by molar-refractivity contribution is -0.117. The number of ether oxygens (including phenoxy) is 1. The number of H-pyrrole nitrogens is 1. The predicted octanol–water partition coefficient (Wildman–Crippen LogP) is 1.52. The minimum absolute atomic E-state index is 0.0159. The number of hydrogen-bond acceptors (Lipinski definition) is 5. The van der Waals surface area contributed by atoms with Gasteiger partial charge in [0.2, 0.25) is 5.91 Å². The molecule has 0 aliphatic heterocycles. The Morgan fingerprint density at radius 1 is 1.22 bits per heavy atom. The summed E-state index contributed by atoms with van der Waals surface area (Å²) in [7, 11) is 1.57. The fourth-order valence-corrected chi connectivity index (χ4v) is 2.85. The molecule has 1 amide bonds. The first kappa shape index (κ1) is 20.3. The topological polar surface area (TPSA) is 110 Å². The number of nitrogens with zero attached hydrogens (tertiary/aromatic N) is 2. The molecule has 146 valence electrons. The summed E-state index contributed by atoms with van der Waals surface area (Å²) >= 11 is 0. The highest BCUT2D eigenvalue weighted by atomic mass is 16.5. The van der Waals surface area contributed by atoms with Crippen molar-refractivity contribution in [1.82, 2.24) is 9.55 Å². The first-order chi connectivity index (χ1) is 12.9. The van der Waals surface area contributed by atoms with Crippen molar-refractivity contribution in [2.24, 2.45) is 0 Å². The Morgan fingerprint density at radius 3 is 2.44 bits per heavy atom. The largest absolute Gasteiger partial charge is 0.497 e. The fourth-order valence-electron chi connectivity index (χ4n) is 2.85. The second-order valence-electron chi connectivity index (χ2n) is 6.16. The number of benzene rings is 1. The number of unbranched alkanes of at least 4 members (excludes halogenated alkanes) is 1. The molecular weight excluding hydrogens is 348 g/mol. The molecule has 0 spiro atoms. The second-order valence-corrected chi connectivity index (χ2v) is 6.16. The molecule has 8 heteroatoms. The van der Waals surface area contributed by atoms with Crippen LogP contribution in [0.4, 0.5) is 11.5 Å². The summed E-state index contributed by atoms with van der Waals surface area (Å²) in [6.07, 6.45) is 1.71. The van der Waals surface area contributed by atoms with E-state index in [1.54, 1.807) is 38.3 Å². The maximum absolute atomic E-state index is 12.8. The molecule has 0 bridgehead atoms. The molecule has 0 aliphatic carbocycles. The molecule has 2 aromatic rings. The van der Waals surface area contributed by atoms with Gasteiger partial charge >= 0.3 is 5.69 Å². The van der Waals surface area contributed by atoms with Crippen LogP contribution in [0.25, 0.3) is 0 Å². The Labute approximate surface area is 157 Å². The zero-order valence-electron chi connectivity index (χ0n) is 15.9. The van der Waals surface area contributed by atoms with Crippen molar-refractivity contribution < 1.29 is 9.53 Å². The quantitative estimate of drug-likeness (QED) is 0.728. The van der Waals surface area contributed by atoms with E-state index in [-0.39, 0.29) is 30.4 Å². The lowest BCUT2D eigenvalue weighted by Crippen LogP contribution is -2.41. The number of hydrogen-bond donors (Lipinski definition) is 2. The van der Waals surface area contributed by atoms with Gasteiger partial charge < -0.3 is 15.4 Å². The summed E-state index contributed by atoms with van der Waals surface area (Å²) in [6, 6.07) is 7.12. The SMILES string of the molecule is CCCCn1c(N)c(N(CC)C(=O)Cc2ccc(OC)cc2)c(=O)[nH]c1=O. The monoisotopic (exact) mass is 374 g/mol. The molecule has 0 saturated carbocycles. The van der Waals surface area contributed by atoms with E-state index >= 15 is 0 Å². The smallest absolute Gasteiger partial charge is 0.330 e. The molecule has 27 heavy (non-hydrogen) atoms. The Kier molecular flexibility index (Phi) is 6.81. The Hall–Kier alpha value is -3.03. The summed E-state index contributed by atoms with van der Waals surface area (Å²) in [4.78, 5) is 40.8. The molecule has 0 radical (unpaired) electrons. The zero-order chi connectivity index (χ0) is 20.0. The van der Waals surface area contributed by atoms with Crippen LogP contribution in [-0.2, 0) is 17.8 Å². The highest BCUT2D eigenvalue weighted by Crippen LogP contribution is 2.19. The third kappa shape index (κ3) is 4.58. The molecule has 1 heterocycles. The van der Waals surface area contributed by atoms with Gasteiger partial charge in [0.1, 0.15) is 11.6 Å². The van der Waals surface area contributed by atoms with Gasteiger partial charge in [-0.25, -0.2) is 4.79 Å². The van der Waals surface area contributed by atoms with Crippen LogP contribution in [0.5, 0.6) is 5.75 Å². The van der Waals surface area contributed by atoms with Gasteiger partial charge in [-0.15, -0.1) is 0 Å². The lowest BCUT2D eigenvalue weighted by atomic mass is 10.1. The maximum Gasteiger partial charge on any atom is 0.330 e. The number of likely N-dealkylation sites (N-methyl/N-ethyl adjacent to an activating group) is 1. The number of carbonyl (C=O) groups excluding carboxylic acids is 1. The van der Waals surface area contributed by atoms with E-state index < -0.39 is 11.2 Å². The van der Waals surface area contributed by atoms with Crippen LogP contribution in [-0.4, -0.2) is 29.1 Å². The molecule has 0 aliphatic rings. The minimum Gasteiger partial charge on any atom is -0.497 e. The molecule has 0 atom stereocenters. The fraction of sp³-hybridized carbons (Fsp3) is 0.421. The van der Waals surface area contributed by atoms with Crippen molar-refractivity contribution in [3.05, 3.63) is 50.7 Å². The van der Waals surface area contributed by atoms with Gasteiger partial charge in [-0.3, -0.25) is 19.1 Å². The number of aromatic amines is 1. The molecule has 1 aromatic heterocycles. The number of amides is 1. The van der Waals surface area contributed by atoms with Gasteiger partial charge in [-0.2, -0.15) is 0 Å². The summed E-state index contributed by atoms with van der Waals surface area (Å²) in [5.74, 6) is 0.435. The first-order valence-electron chi connectivity index (χ1n) is 8.98. The third-order valence-electron chi connectivity index (χ3n) is 4.35. The van der Waals surface area contributed by atoms with Crippen molar-refractivity contribution in [2.75, 3.05) is 24.3 Å². The Bertz CT molecular complexity index is 899. The molecule has 0 fully saturated rings. The number of aromatic nitrogens is 2. The predicted molar refractivity (Wildman–Crippen MR) is 105 cm³/mol. The van der Waals surface area contributed by atoms with Gasteiger partial charge in [0.05, 0.1) is 13.5 Å². The van der Waals surface area contributed by atoms with E-state index in [1.807, 2.05) is 6.92 Å². The van der Waals surface area contributed by atoms with Crippen molar-refractivity contribution in [2.45, 2.75) is 39.7 Å². The summed E-state index contributed by atoms with van der Waals surface area (Å²) in [5.41, 5.74) is 5.69. The maximum atomic E-state index is 12.8. The van der Waals surface area contributed by atoms with Crippen LogP contribution >= 0.6 is 0 Å². The van der Waals surface area contributed by atoms with Gasteiger partial charge in [0.15, 0.2) is 5.69 Å². The van der Waals surface area contributed by atoms with Crippen LogP contribution in [0, 0.1) is 0 Å². The highest BCUT2D eigenvalue weighted by molar-refractivity contribution is 5.96. The highest BCUT2D eigenvalue weighted by Gasteiger charge is 2.23. The molecular formula is C19H26N4O4. The minimum atomic E-state index is -0.657. The molecule has 3 N–H and O–H groups in total. The van der Waals surface area contributed by atoms with Crippen LogP contribution < -0.4 is 26.6 Å². The van der Waals surface area contributed by atoms with E-state index in [0.29, 0.717) is 12.3 Å². The van der Waals surface area contributed by atoms with Crippen LogP contribution in [0.1, 0.15) is 32.3 Å². The molecule has 2 rings (SSSR count). The Balaban J connectivity index is 2.36. The average Bonchev–Trinajstić information content (AvgIpc) is 2.65. The van der Waals surface area contributed by atoms with E-state index in [9.17, 15) is 14.4 Å². The number of rotatable bonds is 8. The number of nitrogens with one attached hydrogen (secondary N) is 1. The van der Waals surface area contributed by atoms with Gasteiger partial charge in [-0.05, 0) is 31.0 Å². The van der Waals surface area contributed by atoms with Crippen molar-refractivity contribution in [3.8, 4) is 5.75 Å². The van der Waals surface area contributed by atoms with Crippen molar-refractivity contribution in [1.29, 1.82) is 0 Å². The van der Waals surface area contributed by atoms with E-state index in [0.717, 1.165) is 18.4 Å². The zero-order valence-corrected chi connectivity index (χ0v) is 15.9. The van der Waals surface area contributed by atoms with E-state index in [4.69, 9.17) is 10.5 Å². The van der Waals surface area contributed by atoms with Gasteiger partial charge in [0.25, 0.3) is 5.56 Å². The molecule has 0 unspecified atom stereocenters. The summed E-state index contributed by atoms with van der Waals surface area (Å²) in [5, 5.41) is 0. The van der Waals surface area contributed by atoms with Crippen LogP contribution in [0.15, 0.2) is 33.9 Å². The van der Waals surface area contributed by atoms with Crippen LogP contribution in [0.2, 0.25) is 0 Å². The number of methoxy groups -OCH3 is 1. The second kappa shape index (κ2) is 9.07. The molecule has 0 saturated heterocycles. The third-order valence-corrected chi connectivity index (χ3v) is 4.35. The molecule has 8 nitrogen and oxygen atoms in total. The number of anilines is 2. The van der Waals surface area contributed by atoms with Gasteiger partial charge in [-0.1, -0.05) is 25.5 Å². The molecule has 1 aromatic carbocycles. The average molecular weight is 374 g/mol. The number of nitrogen functional groups attached to an aromatic ring is 1. The summed E-state index contributed by atoms with van der Waals surface area (Å²) < 4.78 is 6.42. The van der Waals surface area contributed by atoms with Gasteiger partial charge in [0, 0.05) is 13.1 Å². The van der Waals surface area contributed by atoms with Crippen molar-refractivity contribution >= 4 is 17.4 Å². The lowest BCUT2D eigenvalue weighted by Gasteiger charge is -2.23. The van der Waals surface area contributed by atoms with Crippen LogP contribution in [0.3, 0.4) is 0 Å². The first-order valence-corrected chi connectivity index (χ1v) is 8.98. The summed E-state index contributed by atoms with van der Waals surface area (Å²) in [6.45, 7) is 4.39. The van der Waals surface area contributed by atoms with E-state index in [2.05, 4.69) is 4.98 Å². The van der Waals surface area contributed by atoms with Crippen molar-refractivity contribution in [3.63, 3.8) is 0 Å². The van der Waals surface area contributed by atoms with E-state index in [1.165, 1.54) is 9.47 Å². The number of nitrogens with two attached hydrogens (primary N) is 1. The normalized spacial score (nSPS) is 10.6.